The number of carbonyl (C=O) groups is 1. The van der Waals surface area contributed by atoms with Gasteiger partial charge in [0.15, 0.2) is 17.5 Å². The van der Waals surface area contributed by atoms with Gasteiger partial charge in [-0.1, -0.05) is 0 Å². The number of amides is 1. The van der Waals surface area contributed by atoms with Crippen LogP contribution in [0.1, 0.15) is 46.9 Å². The number of aromatic nitrogens is 4. The summed E-state index contributed by atoms with van der Waals surface area (Å²) in [5.41, 5.74) is 2.70. The molecule has 0 spiro atoms. The Morgan fingerprint density at radius 2 is 1.84 bits per heavy atom. The molecule has 7 nitrogen and oxygen atoms in total. The molecule has 0 saturated carbocycles. The molecule has 4 heterocycles. The van der Waals surface area contributed by atoms with E-state index in [2.05, 4.69) is 10.2 Å². The maximum absolute atomic E-state index is 13.9. The van der Waals surface area contributed by atoms with Crippen LogP contribution in [0.5, 0.6) is 5.88 Å². The number of fused-ring (bicyclic) bond motifs is 4. The van der Waals surface area contributed by atoms with Gasteiger partial charge in [-0.05, 0) is 37.8 Å². The number of piperidine rings is 1. The minimum absolute atomic E-state index is 0.100. The molecule has 1 saturated heterocycles. The third-order valence-electron chi connectivity index (χ3n) is 6.48. The number of nitrogens with zero attached hydrogens (tertiary/aromatic N) is 5. The Hall–Kier alpha value is -3.30. The first-order valence-corrected chi connectivity index (χ1v) is 10.4. The highest BCUT2D eigenvalue weighted by Crippen LogP contribution is 2.45. The SMILES string of the molecule is COc1c(C(=O)N2C3CCCC2c2nn(C)c(-c4cc(F)c(F)c(F)c4)c2C3)cnn1C. The Morgan fingerprint density at radius 1 is 1.12 bits per heavy atom. The Morgan fingerprint density at radius 3 is 2.53 bits per heavy atom. The highest BCUT2D eigenvalue weighted by atomic mass is 19.2. The van der Waals surface area contributed by atoms with Crippen molar-refractivity contribution in [3.63, 3.8) is 0 Å². The molecule has 2 bridgehead atoms. The number of aryl methyl sites for hydroxylation is 2. The Balaban J connectivity index is 1.60. The van der Waals surface area contributed by atoms with Gasteiger partial charge in [0.05, 0.1) is 30.7 Å². The van der Waals surface area contributed by atoms with Crippen molar-refractivity contribution in [2.24, 2.45) is 14.1 Å². The highest BCUT2D eigenvalue weighted by Gasteiger charge is 2.44. The van der Waals surface area contributed by atoms with Gasteiger partial charge in [-0.3, -0.25) is 9.48 Å². The van der Waals surface area contributed by atoms with Gasteiger partial charge in [0, 0.05) is 31.3 Å². The lowest BCUT2D eigenvalue weighted by molar-refractivity contribution is 0.0388. The fraction of sp³-hybridized carbons (Fsp3) is 0.409. The van der Waals surface area contributed by atoms with Crippen LogP contribution in [0.2, 0.25) is 0 Å². The van der Waals surface area contributed by atoms with Gasteiger partial charge in [0.25, 0.3) is 5.91 Å². The van der Waals surface area contributed by atoms with Crippen molar-refractivity contribution in [2.75, 3.05) is 7.11 Å². The van der Waals surface area contributed by atoms with Gasteiger partial charge >= 0.3 is 0 Å². The van der Waals surface area contributed by atoms with E-state index in [0.717, 1.165) is 37.0 Å². The van der Waals surface area contributed by atoms with Crippen molar-refractivity contribution in [1.29, 1.82) is 0 Å². The highest BCUT2D eigenvalue weighted by molar-refractivity contribution is 5.97. The lowest BCUT2D eigenvalue weighted by atomic mass is 9.81. The van der Waals surface area contributed by atoms with Gasteiger partial charge < -0.3 is 9.64 Å². The van der Waals surface area contributed by atoms with E-state index in [1.807, 2.05) is 4.90 Å². The van der Waals surface area contributed by atoms with Crippen LogP contribution < -0.4 is 4.74 Å². The summed E-state index contributed by atoms with van der Waals surface area (Å²) in [6, 6.07) is 1.61. The summed E-state index contributed by atoms with van der Waals surface area (Å²) in [5, 5.41) is 8.78. The molecule has 10 heteroatoms. The number of ether oxygens (including phenoxy) is 1. The van der Waals surface area contributed by atoms with E-state index in [1.54, 1.807) is 18.8 Å². The molecule has 0 radical (unpaired) electrons. The predicted molar refractivity (Wildman–Crippen MR) is 109 cm³/mol. The van der Waals surface area contributed by atoms with Crippen LogP contribution in [0, 0.1) is 17.5 Å². The van der Waals surface area contributed by atoms with E-state index in [0.29, 0.717) is 29.3 Å². The van der Waals surface area contributed by atoms with Crippen molar-refractivity contribution in [1.82, 2.24) is 24.5 Å². The molecule has 0 aliphatic carbocycles. The quantitative estimate of drug-likeness (QED) is 0.579. The average molecular weight is 445 g/mol. The zero-order valence-electron chi connectivity index (χ0n) is 17.9. The lowest BCUT2D eigenvalue weighted by Gasteiger charge is -2.45. The molecule has 0 N–H and O–H groups in total. The Bertz CT molecular complexity index is 1210. The van der Waals surface area contributed by atoms with Crippen LogP contribution in [0.15, 0.2) is 18.3 Å². The van der Waals surface area contributed by atoms with Crippen molar-refractivity contribution >= 4 is 5.91 Å². The Kier molecular flexibility index (Phi) is 4.75. The molecule has 3 aromatic rings. The first-order valence-electron chi connectivity index (χ1n) is 10.4. The maximum atomic E-state index is 13.9. The summed E-state index contributed by atoms with van der Waals surface area (Å²) in [6.45, 7) is 0. The zero-order chi connectivity index (χ0) is 22.7. The summed E-state index contributed by atoms with van der Waals surface area (Å²) in [7, 11) is 4.89. The van der Waals surface area contributed by atoms with Crippen LogP contribution in [-0.4, -0.2) is 43.5 Å². The van der Waals surface area contributed by atoms with Crippen LogP contribution in [0.3, 0.4) is 0 Å². The molecule has 2 aliphatic heterocycles. The summed E-state index contributed by atoms with van der Waals surface area (Å²) in [6.07, 6.45) is 4.45. The maximum Gasteiger partial charge on any atom is 0.261 e. The van der Waals surface area contributed by atoms with Crippen molar-refractivity contribution in [3.8, 4) is 17.1 Å². The summed E-state index contributed by atoms with van der Waals surface area (Å²) in [5.74, 6) is -3.78. The van der Waals surface area contributed by atoms with Crippen molar-refractivity contribution in [2.45, 2.75) is 37.8 Å². The molecule has 2 aromatic heterocycles. The zero-order valence-corrected chi connectivity index (χ0v) is 17.9. The number of methoxy groups -OCH3 is 1. The molecular formula is C22H22F3N5O2. The predicted octanol–water partition coefficient (Wildman–Crippen LogP) is 3.54. The molecule has 2 aliphatic rings. The van der Waals surface area contributed by atoms with E-state index in [1.165, 1.54) is 18.0 Å². The van der Waals surface area contributed by atoms with E-state index in [-0.39, 0.29) is 23.6 Å². The van der Waals surface area contributed by atoms with Gasteiger partial charge in [-0.2, -0.15) is 10.2 Å². The third-order valence-corrected chi connectivity index (χ3v) is 6.48. The summed E-state index contributed by atoms with van der Waals surface area (Å²) < 4.78 is 49.8. The van der Waals surface area contributed by atoms with Crippen LogP contribution in [-0.2, 0) is 20.5 Å². The second-order valence-corrected chi connectivity index (χ2v) is 8.30. The fourth-order valence-corrected chi connectivity index (χ4v) is 5.16. The van der Waals surface area contributed by atoms with Crippen LogP contribution >= 0.6 is 0 Å². The number of halogens is 3. The minimum Gasteiger partial charge on any atom is -0.481 e. The van der Waals surface area contributed by atoms with Crippen molar-refractivity contribution in [3.05, 3.63) is 52.6 Å². The molecule has 2 atom stereocenters. The monoisotopic (exact) mass is 445 g/mol. The number of benzene rings is 1. The van der Waals surface area contributed by atoms with E-state index >= 15 is 0 Å². The second-order valence-electron chi connectivity index (χ2n) is 8.30. The summed E-state index contributed by atoms with van der Waals surface area (Å²) >= 11 is 0. The molecule has 168 valence electrons. The van der Waals surface area contributed by atoms with Crippen LogP contribution in [0.25, 0.3) is 11.3 Å². The number of hydrogen-bond donors (Lipinski definition) is 0. The topological polar surface area (TPSA) is 65.2 Å². The van der Waals surface area contributed by atoms with E-state index < -0.39 is 17.5 Å². The fourth-order valence-electron chi connectivity index (χ4n) is 5.16. The van der Waals surface area contributed by atoms with E-state index in [9.17, 15) is 18.0 Å². The molecule has 1 fully saturated rings. The molecular weight excluding hydrogens is 423 g/mol. The smallest absolute Gasteiger partial charge is 0.261 e. The number of rotatable bonds is 3. The normalized spacial score (nSPS) is 19.8. The van der Waals surface area contributed by atoms with Gasteiger partial charge in [-0.15, -0.1) is 0 Å². The minimum atomic E-state index is -1.50. The first kappa shape index (κ1) is 20.6. The number of carbonyl (C=O) groups excluding carboxylic acids is 1. The van der Waals surface area contributed by atoms with Gasteiger partial charge in [0.1, 0.15) is 5.56 Å². The molecule has 1 aromatic carbocycles. The number of hydrogen-bond acceptors (Lipinski definition) is 4. The molecule has 2 unspecified atom stereocenters. The summed E-state index contributed by atoms with van der Waals surface area (Å²) in [4.78, 5) is 15.4. The molecule has 32 heavy (non-hydrogen) atoms. The van der Waals surface area contributed by atoms with Gasteiger partial charge in [-0.25, -0.2) is 17.9 Å². The first-order chi connectivity index (χ1) is 15.3. The Labute approximate surface area is 182 Å². The van der Waals surface area contributed by atoms with Crippen molar-refractivity contribution < 1.29 is 22.7 Å². The van der Waals surface area contributed by atoms with Gasteiger partial charge in [0.2, 0.25) is 5.88 Å². The largest absolute Gasteiger partial charge is 0.481 e. The third kappa shape index (κ3) is 2.92. The van der Waals surface area contributed by atoms with Crippen LogP contribution in [0.4, 0.5) is 13.2 Å². The molecule has 1 amide bonds. The lowest BCUT2D eigenvalue weighted by Crippen LogP contribution is -2.49. The van der Waals surface area contributed by atoms with E-state index in [4.69, 9.17) is 4.74 Å². The standard InChI is InChI=1S/C22H22F3N5O2/c1-28-20(11-7-15(23)18(25)16(24)8-11)13-9-12-5-4-6-17(19(13)27-28)30(12)21(31)14-10-26-29(2)22(14)32-3/h7-8,10,12,17H,4-6,9H2,1-3H3. The molecule has 5 rings (SSSR count). The average Bonchev–Trinajstić information content (AvgIpc) is 3.29. The second kappa shape index (κ2) is 7.39.